The minimum atomic E-state index is -4.58. The number of rotatable bonds is 5. The molecule has 5 rings (SSSR count). The van der Waals surface area contributed by atoms with Crippen molar-refractivity contribution in [2.75, 3.05) is 12.3 Å². The number of thioether (sulfide) groups is 1. The summed E-state index contributed by atoms with van der Waals surface area (Å²) in [4.78, 5) is 35.0. The number of imidazole rings is 1. The van der Waals surface area contributed by atoms with Crippen LogP contribution in [0.15, 0.2) is 34.2 Å². The van der Waals surface area contributed by atoms with Crippen LogP contribution in [-0.2, 0) is 24.1 Å². The lowest BCUT2D eigenvalue weighted by atomic mass is 9.80. The molecule has 0 amide bonds. The third-order valence-electron chi connectivity index (χ3n) is 5.39. The molecule has 5 atom stereocenters. The van der Waals surface area contributed by atoms with Gasteiger partial charge in [-0.15, -0.1) is 0 Å². The van der Waals surface area contributed by atoms with Crippen molar-refractivity contribution in [1.82, 2.24) is 19.5 Å². The Labute approximate surface area is 196 Å². The summed E-state index contributed by atoms with van der Waals surface area (Å²) in [5.41, 5.74) is 6.24. The molecule has 2 aliphatic rings. The zero-order valence-electron chi connectivity index (χ0n) is 18.2. The van der Waals surface area contributed by atoms with Crippen LogP contribution >= 0.6 is 19.6 Å². The Balaban J connectivity index is 0.00000289. The molecule has 34 heavy (non-hydrogen) atoms. The van der Waals surface area contributed by atoms with E-state index in [2.05, 4.69) is 19.5 Å². The minimum Gasteiger partial charge on any atom is -0.756 e. The van der Waals surface area contributed by atoms with E-state index in [1.165, 1.54) is 16.3 Å². The number of nitrogen functional groups attached to an aromatic ring is 1. The van der Waals surface area contributed by atoms with Crippen LogP contribution in [0.3, 0.4) is 0 Å². The molecular weight excluding hydrogens is 492 g/mol. The fourth-order valence-corrected chi connectivity index (χ4v) is 5.71. The number of fused-ring (bicyclic) bond motifs is 2. The number of phosphoric ester groups is 1. The average molecular weight is 511 g/mol. The maximum atomic E-state index is 12.4. The molecule has 2 saturated heterocycles. The van der Waals surface area contributed by atoms with Gasteiger partial charge in [0.25, 0.3) is 13.4 Å². The van der Waals surface area contributed by atoms with E-state index in [1.54, 1.807) is 24.3 Å². The fraction of sp³-hybridized carbons (Fsp3) is 0.353. The molecule has 4 heterocycles. The number of phosphoric acid groups is 1. The van der Waals surface area contributed by atoms with Crippen LogP contribution in [0, 0.1) is 0 Å². The van der Waals surface area contributed by atoms with E-state index in [0.717, 1.165) is 5.56 Å². The second-order valence-corrected chi connectivity index (χ2v) is 9.97. The van der Waals surface area contributed by atoms with Gasteiger partial charge < -0.3 is 39.6 Å². The van der Waals surface area contributed by atoms with Crippen molar-refractivity contribution in [3.05, 3.63) is 40.2 Å². The third kappa shape index (κ3) is 4.28. The normalized spacial score (nSPS) is 28.8. The molecule has 3 unspecified atom stereocenters. The number of nitrogens with one attached hydrogen (secondary N) is 1. The van der Waals surface area contributed by atoms with Gasteiger partial charge in [-0.2, -0.15) is 4.98 Å². The maximum Gasteiger partial charge on any atom is 1.00 e. The summed E-state index contributed by atoms with van der Waals surface area (Å²) >= 11 is 1.19. The van der Waals surface area contributed by atoms with Gasteiger partial charge in [0.05, 0.1) is 6.61 Å². The van der Waals surface area contributed by atoms with Gasteiger partial charge >= 0.3 is 8.55 Å². The summed E-state index contributed by atoms with van der Waals surface area (Å²) in [5.74, 6) is 0.172. The highest BCUT2D eigenvalue weighted by Gasteiger charge is 2.51. The van der Waals surface area contributed by atoms with Crippen LogP contribution in [0.4, 0.5) is 5.95 Å². The molecule has 0 bridgehead atoms. The van der Waals surface area contributed by atoms with Crippen molar-refractivity contribution in [3.63, 3.8) is 0 Å². The first-order valence-electron chi connectivity index (χ1n) is 9.96. The lowest BCUT2D eigenvalue weighted by Gasteiger charge is -2.34. The van der Waals surface area contributed by atoms with Gasteiger partial charge in [-0.1, -0.05) is 36.0 Å². The maximum absolute atomic E-state index is 12.4. The molecule has 2 aromatic heterocycles. The molecule has 0 saturated carbocycles. The van der Waals surface area contributed by atoms with Crippen molar-refractivity contribution in [1.29, 1.82) is 0 Å². The van der Waals surface area contributed by atoms with Gasteiger partial charge in [0, 0.05) is 5.75 Å². The van der Waals surface area contributed by atoms with Gasteiger partial charge in [-0.05, 0) is 11.0 Å². The molecule has 6 N–H and O–H groups in total. The van der Waals surface area contributed by atoms with Gasteiger partial charge in [0.2, 0.25) is 5.95 Å². The van der Waals surface area contributed by atoms with E-state index in [-0.39, 0.29) is 30.3 Å². The molecule has 0 aliphatic carbocycles. The monoisotopic (exact) mass is 511 g/mol. The summed E-state index contributed by atoms with van der Waals surface area (Å²) in [7, 11) is -6.17. The first-order chi connectivity index (χ1) is 16.1. The number of anilines is 1. The minimum absolute atomic E-state index is 0. The number of benzene rings is 1. The van der Waals surface area contributed by atoms with Crippen molar-refractivity contribution in [2.45, 2.75) is 35.4 Å². The molecule has 2 aliphatic heterocycles. The molecule has 0 radical (unpaired) electrons. The van der Waals surface area contributed by atoms with E-state index < -0.39 is 45.0 Å². The highest BCUT2D eigenvalue weighted by atomic mass is 32.2. The predicted molar refractivity (Wildman–Crippen MR) is 118 cm³/mol. The van der Waals surface area contributed by atoms with E-state index in [9.17, 15) is 29.4 Å². The highest BCUT2D eigenvalue weighted by Crippen LogP contribution is 2.50. The van der Waals surface area contributed by atoms with Gasteiger partial charge in [-0.3, -0.25) is 18.9 Å². The number of hydrogen-bond donors (Lipinski definition) is 5. The Morgan fingerprint density at radius 1 is 1.35 bits per heavy atom. The first kappa shape index (κ1) is 23.5. The summed E-state index contributed by atoms with van der Waals surface area (Å²) < 4.78 is 28.5. The Morgan fingerprint density at radius 2 is 2.09 bits per heavy atom. The molecular formula is C17H19BN5O9PS. The Morgan fingerprint density at radius 3 is 2.79 bits per heavy atom. The average Bonchev–Trinajstić information content (AvgIpc) is 3.29. The van der Waals surface area contributed by atoms with Crippen LogP contribution in [0.5, 0.6) is 0 Å². The number of ether oxygens (including phenoxy) is 1. The van der Waals surface area contributed by atoms with E-state index >= 15 is 0 Å². The van der Waals surface area contributed by atoms with E-state index in [4.69, 9.17) is 15.0 Å². The lowest BCUT2D eigenvalue weighted by molar-refractivity contribution is -0.245. The molecule has 14 nitrogen and oxygen atoms in total. The Hall–Kier alpha value is -2.27. The van der Waals surface area contributed by atoms with E-state index in [0.29, 0.717) is 11.2 Å². The Bertz CT molecular complexity index is 1340. The first-order valence-corrected chi connectivity index (χ1v) is 12.4. The number of aliphatic hydroxyl groups is 1. The van der Waals surface area contributed by atoms with Gasteiger partial charge in [0.1, 0.15) is 18.3 Å². The number of hydrogen-bond acceptors (Lipinski definition) is 13. The zero-order valence-corrected chi connectivity index (χ0v) is 18.9. The smallest absolute Gasteiger partial charge is 0.756 e. The quantitative estimate of drug-likeness (QED) is 0.141. The summed E-state index contributed by atoms with van der Waals surface area (Å²) in [6.45, 7) is -0.340. The largest absolute Gasteiger partial charge is 1.00 e. The second-order valence-electron chi connectivity index (χ2n) is 7.66. The van der Waals surface area contributed by atoms with Crippen molar-refractivity contribution >= 4 is 49.3 Å². The fourth-order valence-electron chi connectivity index (χ4n) is 3.79. The molecule has 2 fully saturated rings. The topological polar surface area (TPSA) is 218 Å². The van der Waals surface area contributed by atoms with E-state index in [1.807, 2.05) is 0 Å². The van der Waals surface area contributed by atoms with Crippen molar-refractivity contribution < 1.29 is 39.8 Å². The number of H-pyrrole nitrogens is 1. The second kappa shape index (κ2) is 8.75. The Kier molecular flexibility index (Phi) is 6.04. The number of aliphatic hydroxyl groups excluding tert-OH is 1. The van der Waals surface area contributed by atoms with Crippen molar-refractivity contribution in [3.8, 4) is 0 Å². The predicted octanol–water partition coefficient (Wildman–Crippen LogP) is -2.07. The van der Waals surface area contributed by atoms with Crippen LogP contribution in [0.1, 0.15) is 13.2 Å². The van der Waals surface area contributed by atoms with Crippen LogP contribution in [-0.4, -0.2) is 66.7 Å². The summed E-state index contributed by atoms with van der Waals surface area (Å²) in [6, 6.07) is 6.52. The van der Waals surface area contributed by atoms with Crippen LogP contribution in [0.25, 0.3) is 11.2 Å². The number of nitrogens with zero attached hydrogens (tertiary/aromatic N) is 3. The number of aromatic amines is 1. The number of nitrogens with two attached hydrogens (primary N) is 1. The van der Waals surface area contributed by atoms with Crippen molar-refractivity contribution in [2.24, 2.45) is 0 Å². The lowest BCUT2D eigenvalue weighted by Crippen LogP contribution is -2.41. The SMILES string of the molecule is Nc1nc2c(nc(SCc3ccc(B(O)O)cc3)n2[C@@H]2OC3COP(=O)([O-])O[C@H]3C2O)c(=O)[nH]1.[H+]. The van der Waals surface area contributed by atoms with Crippen LogP contribution in [0.2, 0.25) is 0 Å². The number of aromatic nitrogens is 4. The summed E-state index contributed by atoms with van der Waals surface area (Å²) in [5, 5.41) is 29.6. The zero-order chi connectivity index (χ0) is 24.2. The summed E-state index contributed by atoms with van der Waals surface area (Å²) in [6.07, 6.45) is -4.73. The molecule has 3 aromatic rings. The molecule has 0 spiro atoms. The molecule has 17 heteroatoms. The molecule has 1 aromatic carbocycles. The third-order valence-corrected chi connectivity index (χ3v) is 7.38. The van der Waals surface area contributed by atoms with Gasteiger partial charge in [-0.25, -0.2) is 4.98 Å². The standard InChI is InChI=1S/C17H19BN5O9PS/c19-16-21-13-10(14(25)22-16)20-17(34-6-7-1-3-8(4-2-7)18(26)27)23(13)15-11(24)12-9(31-15)5-30-33(28,29)32-12/h1-4,9,11-12,15,24,26-27H,5-6H2,(H,28,29)(H3,19,21,22,25)/t9?,11?,12-,15-/m1/s1. The molecule has 180 valence electrons. The van der Waals surface area contributed by atoms with Gasteiger partial charge in [0.15, 0.2) is 22.5 Å². The van der Waals surface area contributed by atoms with Crippen LogP contribution < -0.4 is 21.6 Å². The highest BCUT2D eigenvalue weighted by molar-refractivity contribution is 7.98.